The second-order valence-electron chi connectivity index (χ2n) is 13.5. The van der Waals surface area contributed by atoms with E-state index in [1.807, 2.05) is 25.1 Å². The molecule has 1 aliphatic rings. The Hall–Kier alpha value is -5.94. The van der Waals surface area contributed by atoms with Crippen LogP contribution in [0.4, 0.5) is 0 Å². The van der Waals surface area contributed by atoms with Crippen molar-refractivity contribution in [1.82, 2.24) is 26.6 Å². The van der Waals surface area contributed by atoms with E-state index in [0.717, 1.165) is 43.2 Å². The lowest BCUT2D eigenvalue weighted by molar-refractivity contribution is -0.133. The summed E-state index contributed by atoms with van der Waals surface area (Å²) >= 11 is 0. The van der Waals surface area contributed by atoms with E-state index in [-0.39, 0.29) is 54.1 Å². The van der Waals surface area contributed by atoms with Crippen LogP contribution in [0.2, 0.25) is 0 Å². The second-order valence-corrected chi connectivity index (χ2v) is 13.5. The van der Waals surface area contributed by atoms with E-state index in [4.69, 9.17) is 11.0 Å². The Kier molecular flexibility index (Phi) is 14.5. The maximum atomic E-state index is 13.9. The second kappa shape index (κ2) is 19.2. The Balaban J connectivity index is 1.66. The van der Waals surface area contributed by atoms with Crippen molar-refractivity contribution in [2.75, 3.05) is 13.1 Å². The lowest BCUT2D eigenvalue weighted by Gasteiger charge is -2.26. The lowest BCUT2D eigenvalue weighted by atomic mass is 9.94. The first-order valence-electron chi connectivity index (χ1n) is 18.2. The zero-order valence-electron chi connectivity index (χ0n) is 30.8. The van der Waals surface area contributed by atoms with Crippen molar-refractivity contribution in [2.45, 2.75) is 89.9 Å². The van der Waals surface area contributed by atoms with Crippen molar-refractivity contribution in [3.63, 3.8) is 0 Å². The van der Waals surface area contributed by atoms with E-state index in [1.165, 1.54) is 37.3 Å². The van der Waals surface area contributed by atoms with E-state index >= 15 is 0 Å². The van der Waals surface area contributed by atoms with Crippen LogP contribution in [-0.2, 0) is 32.0 Å². The fourth-order valence-electron chi connectivity index (χ4n) is 6.34. The predicted octanol–water partition coefficient (Wildman–Crippen LogP) is 2.69. The summed E-state index contributed by atoms with van der Waals surface area (Å²) < 4.78 is 0. The number of amides is 5. The van der Waals surface area contributed by atoms with E-state index in [1.54, 1.807) is 12.1 Å². The number of carbonyl (C=O) groups excluding carboxylic acids is 5. The van der Waals surface area contributed by atoms with Crippen LogP contribution in [0.25, 0.3) is 11.1 Å². The molecule has 9 N–H and O–H groups in total. The van der Waals surface area contributed by atoms with Gasteiger partial charge in [-0.2, -0.15) is 5.26 Å². The van der Waals surface area contributed by atoms with Crippen molar-refractivity contribution in [3.05, 3.63) is 82.4 Å². The van der Waals surface area contributed by atoms with E-state index in [2.05, 4.69) is 33.5 Å². The molecule has 0 aromatic heterocycles. The number of fused-ring (bicyclic) bond motifs is 5. The summed E-state index contributed by atoms with van der Waals surface area (Å²) in [5.74, 6) is -3.88. The number of carbonyl (C=O) groups is 5. The Morgan fingerprint density at radius 3 is 2.37 bits per heavy atom. The molecule has 4 bridgehead atoms. The predicted molar refractivity (Wildman–Crippen MR) is 202 cm³/mol. The van der Waals surface area contributed by atoms with E-state index in [0.29, 0.717) is 11.1 Å². The number of hydrogen-bond acceptors (Lipinski definition) is 9. The van der Waals surface area contributed by atoms with Gasteiger partial charge in [0.05, 0.1) is 6.07 Å². The summed E-state index contributed by atoms with van der Waals surface area (Å²) in [6.07, 6.45) is 5.36. The maximum absolute atomic E-state index is 13.9. The number of phenolic OH excluding ortho intramolecular Hbond substituents is 2. The summed E-state index contributed by atoms with van der Waals surface area (Å²) in [5, 5.41) is 43.8. The lowest BCUT2D eigenvalue weighted by Crippen LogP contribution is -2.55. The average Bonchev–Trinajstić information content (AvgIpc) is 3.14. The smallest absolute Gasteiger partial charge is 0.252 e. The van der Waals surface area contributed by atoms with Crippen LogP contribution in [0.1, 0.15) is 84.6 Å². The topological polar surface area (TPSA) is 236 Å². The third-order valence-electron chi connectivity index (χ3n) is 9.35. The SMILES string of the molecule is CCCCCCc1ccc(C(=O)N[C@@H](CCN)C(=O)N[C@@H]2C(=O)N[C@@H](C)C(=O)N[C@H](C(=O)NCC#N)Cc3ccc(O)c(c3)-c3cc2ccc3O)c(C)c1. The molecule has 0 saturated heterocycles. The fraction of sp³-hybridized carbons (Fsp3) is 0.400. The van der Waals surface area contributed by atoms with Crippen LogP contribution >= 0.6 is 0 Å². The molecule has 14 nitrogen and oxygen atoms in total. The summed E-state index contributed by atoms with van der Waals surface area (Å²) in [6.45, 7) is 5.11. The molecule has 286 valence electrons. The minimum absolute atomic E-state index is 0.0319. The van der Waals surface area contributed by atoms with Crippen LogP contribution in [-0.4, -0.2) is 71.0 Å². The monoisotopic (exact) mass is 739 g/mol. The van der Waals surface area contributed by atoms with Gasteiger partial charge < -0.3 is 42.5 Å². The van der Waals surface area contributed by atoms with Crippen LogP contribution in [0.3, 0.4) is 0 Å². The molecular weight excluding hydrogens is 690 g/mol. The first-order chi connectivity index (χ1) is 25.9. The highest BCUT2D eigenvalue weighted by Crippen LogP contribution is 2.38. The quantitative estimate of drug-likeness (QED) is 0.0949. The molecule has 0 spiro atoms. The van der Waals surface area contributed by atoms with Crippen LogP contribution in [0.15, 0.2) is 54.6 Å². The van der Waals surface area contributed by atoms with E-state index in [9.17, 15) is 34.2 Å². The number of unbranched alkanes of at least 4 members (excludes halogenated alkanes) is 3. The highest BCUT2D eigenvalue weighted by atomic mass is 16.3. The van der Waals surface area contributed by atoms with Gasteiger partial charge in [0.15, 0.2) is 0 Å². The van der Waals surface area contributed by atoms with E-state index < -0.39 is 53.7 Å². The summed E-state index contributed by atoms with van der Waals surface area (Å²) in [7, 11) is 0. The van der Waals surface area contributed by atoms with Gasteiger partial charge in [0.25, 0.3) is 5.91 Å². The number of nitrogens with one attached hydrogen (secondary N) is 5. The molecule has 0 saturated carbocycles. The Labute approximate surface area is 314 Å². The number of nitriles is 1. The molecule has 5 amide bonds. The van der Waals surface area contributed by atoms with Gasteiger partial charge in [-0.25, -0.2) is 0 Å². The van der Waals surface area contributed by atoms with Gasteiger partial charge in [0.2, 0.25) is 23.6 Å². The van der Waals surface area contributed by atoms with Crippen molar-refractivity contribution in [1.29, 1.82) is 5.26 Å². The van der Waals surface area contributed by atoms with Gasteiger partial charge in [0.1, 0.15) is 42.2 Å². The van der Waals surface area contributed by atoms with Gasteiger partial charge in [0, 0.05) is 23.1 Å². The molecule has 1 heterocycles. The first-order valence-corrected chi connectivity index (χ1v) is 18.2. The normalized spacial score (nSPS) is 17.5. The van der Waals surface area contributed by atoms with Crippen LogP contribution < -0.4 is 32.3 Å². The summed E-state index contributed by atoms with van der Waals surface area (Å²) in [6, 6.07) is 11.0. The van der Waals surface area contributed by atoms with Crippen molar-refractivity contribution >= 4 is 29.5 Å². The number of benzene rings is 3. The standard InChI is InChI=1S/C40H49N7O7/c1-4-5-6-7-8-25-9-12-28(23(2)19-25)37(51)45-31(15-16-41)39(53)47-35-27-11-14-34(49)30(22-27)29-20-26(10-13-33(29)48)21-32(38(52)43-18-17-42)46-36(50)24(3)44-40(35)54/h9-14,19-20,22,24,31-32,35,48-49H,4-8,15-16,18,21,41H2,1-3H3,(H,43,52)(H,44,54)(H,45,51)(H,46,50)(H,47,53)/t24-,31-,32-,35-/m0/s1. The van der Waals surface area contributed by atoms with Gasteiger partial charge in [-0.15, -0.1) is 0 Å². The molecule has 54 heavy (non-hydrogen) atoms. The molecule has 14 heteroatoms. The van der Waals surface area contributed by atoms with Crippen molar-refractivity contribution < 1.29 is 34.2 Å². The molecule has 0 fully saturated rings. The molecule has 3 aromatic rings. The molecule has 0 unspecified atom stereocenters. The minimum Gasteiger partial charge on any atom is -0.507 e. The summed E-state index contributed by atoms with van der Waals surface area (Å²) in [5.41, 5.74) is 9.08. The highest BCUT2D eigenvalue weighted by Gasteiger charge is 2.32. The first kappa shape index (κ1) is 40.8. The number of hydrogen-bond donors (Lipinski definition) is 8. The molecule has 0 radical (unpaired) electrons. The third-order valence-corrected chi connectivity index (χ3v) is 9.35. The number of phenols is 2. The third kappa shape index (κ3) is 10.6. The molecule has 0 aliphatic carbocycles. The van der Waals surface area contributed by atoms with Crippen LogP contribution in [0, 0.1) is 18.3 Å². The maximum Gasteiger partial charge on any atom is 0.252 e. The van der Waals surface area contributed by atoms with Crippen LogP contribution in [0.5, 0.6) is 11.5 Å². The molecule has 4 rings (SSSR count). The van der Waals surface area contributed by atoms with Gasteiger partial charge in [-0.05, 0) is 92.2 Å². The number of aromatic hydroxyl groups is 2. The van der Waals surface area contributed by atoms with Crippen molar-refractivity contribution in [2.24, 2.45) is 5.73 Å². The summed E-state index contributed by atoms with van der Waals surface area (Å²) in [4.78, 5) is 67.7. The number of nitrogens with two attached hydrogens (primary N) is 1. The minimum atomic E-state index is -1.46. The highest BCUT2D eigenvalue weighted by molar-refractivity contribution is 6.00. The fourth-order valence-corrected chi connectivity index (χ4v) is 6.34. The number of rotatable bonds is 13. The van der Waals surface area contributed by atoms with Crippen molar-refractivity contribution in [3.8, 4) is 28.7 Å². The largest absolute Gasteiger partial charge is 0.507 e. The Morgan fingerprint density at radius 2 is 1.69 bits per heavy atom. The van der Waals surface area contributed by atoms with Gasteiger partial charge in [-0.3, -0.25) is 24.0 Å². The molecular formula is C40H49N7O7. The molecule has 1 aliphatic heterocycles. The van der Waals surface area contributed by atoms with Gasteiger partial charge in [-0.1, -0.05) is 50.5 Å². The number of nitrogens with zero attached hydrogens (tertiary/aromatic N) is 1. The Morgan fingerprint density at radius 1 is 0.963 bits per heavy atom. The van der Waals surface area contributed by atoms with Gasteiger partial charge >= 0.3 is 0 Å². The molecule has 3 aromatic carbocycles. The number of aryl methyl sites for hydroxylation is 2. The average molecular weight is 740 g/mol. The zero-order chi connectivity index (χ0) is 39.4. The zero-order valence-corrected chi connectivity index (χ0v) is 30.8. The Bertz CT molecular complexity index is 1910. The molecule has 4 atom stereocenters.